The Labute approximate surface area is 106 Å². The number of hydrogen-bond donors (Lipinski definition) is 2. The van der Waals surface area contributed by atoms with E-state index in [1.807, 2.05) is 0 Å². The van der Waals surface area contributed by atoms with E-state index in [0.29, 0.717) is 0 Å². The maximum absolute atomic E-state index is 11.1. The Hall–Kier alpha value is -0.730. The number of nitrogens with one attached hydrogen (secondary N) is 1. The van der Waals surface area contributed by atoms with Gasteiger partial charge >= 0.3 is 0 Å². The molecule has 106 valence electrons. The Bertz CT molecular complexity index is 274. The molecule has 1 saturated heterocycles. The van der Waals surface area contributed by atoms with Crippen molar-refractivity contribution < 1.29 is 28.8 Å². The molecule has 0 aliphatic carbocycles. The van der Waals surface area contributed by atoms with Crippen molar-refractivity contribution >= 4 is 5.91 Å². The summed E-state index contributed by atoms with van der Waals surface area (Å²) in [5, 5.41) is 12.8. The van der Waals surface area contributed by atoms with Crippen molar-refractivity contribution in [3.8, 4) is 0 Å². The van der Waals surface area contributed by atoms with Crippen molar-refractivity contribution in [3.05, 3.63) is 0 Å². The number of hydrogen-bond acceptors (Lipinski definition) is 6. The minimum atomic E-state index is -0.933. The molecule has 0 bridgehead atoms. The van der Waals surface area contributed by atoms with Crippen LogP contribution in [0.4, 0.5) is 0 Å². The Morgan fingerprint density at radius 1 is 1.33 bits per heavy atom. The van der Waals surface area contributed by atoms with E-state index < -0.39 is 30.6 Å². The summed E-state index contributed by atoms with van der Waals surface area (Å²) < 4.78 is 21.0. The molecule has 1 amide bonds. The van der Waals surface area contributed by atoms with Gasteiger partial charge in [0.1, 0.15) is 24.4 Å². The third kappa shape index (κ3) is 3.39. The molecule has 1 fully saturated rings. The van der Waals surface area contributed by atoms with Gasteiger partial charge in [0.25, 0.3) is 0 Å². The molecule has 0 spiro atoms. The summed E-state index contributed by atoms with van der Waals surface area (Å²) in [5.74, 6) is -0.273. The molecule has 5 atom stereocenters. The number of rotatable bonds is 5. The summed E-state index contributed by atoms with van der Waals surface area (Å²) in [6.07, 6.45) is -2.72. The van der Waals surface area contributed by atoms with Crippen molar-refractivity contribution in [2.45, 2.75) is 37.6 Å². The Morgan fingerprint density at radius 2 is 2.00 bits per heavy atom. The van der Waals surface area contributed by atoms with Crippen LogP contribution in [0.25, 0.3) is 0 Å². The molecular weight excluding hydrogens is 242 g/mol. The van der Waals surface area contributed by atoms with Crippen LogP contribution in [0.1, 0.15) is 6.92 Å². The lowest BCUT2D eigenvalue weighted by molar-refractivity contribution is -0.268. The second kappa shape index (κ2) is 7.01. The van der Waals surface area contributed by atoms with Gasteiger partial charge in [-0.2, -0.15) is 0 Å². The summed E-state index contributed by atoms with van der Waals surface area (Å²) in [6, 6.07) is -0.675. The van der Waals surface area contributed by atoms with Crippen LogP contribution in [0.15, 0.2) is 0 Å². The van der Waals surface area contributed by atoms with Gasteiger partial charge in [-0.3, -0.25) is 4.79 Å². The first-order valence-corrected chi connectivity index (χ1v) is 5.70. The standard InChI is InChI=1S/C11H21NO6/c1-6(13)12-8-9(14)10(16-3)7(5-15-2)18-11(8)17-4/h7-11,14H,5H2,1-4H3,(H,12,13). The number of carbonyl (C=O) groups excluding carboxylic acids is 1. The molecule has 2 N–H and O–H groups in total. The van der Waals surface area contributed by atoms with Gasteiger partial charge in [0, 0.05) is 28.3 Å². The number of methoxy groups -OCH3 is 3. The monoisotopic (exact) mass is 263 g/mol. The van der Waals surface area contributed by atoms with E-state index in [1.54, 1.807) is 0 Å². The molecule has 0 aromatic rings. The van der Waals surface area contributed by atoms with Crippen LogP contribution in [-0.4, -0.2) is 69.6 Å². The van der Waals surface area contributed by atoms with Crippen LogP contribution in [0, 0.1) is 0 Å². The molecule has 0 aromatic carbocycles. The topological polar surface area (TPSA) is 86.2 Å². The van der Waals surface area contributed by atoms with Crippen molar-refractivity contribution in [3.63, 3.8) is 0 Å². The first-order chi connectivity index (χ1) is 8.54. The summed E-state index contributed by atoms with van der Waals surface area (Å²) in [7, 11) is 4.45. The average molecular weight is 263 g/mol. The Kier molecular flexibility index (Phi) is 5.97. The van der Waals surface area contributed by atoms with Crippen molar-refractivity contribution in [2.24, 2.45) is 0 Å². The van der Waals surface area contributed by atoms with E-state index in [9.17, 15) is 9.90 Å². The largest absolute Gasteiger partial charge is 0.388 e. The van der Waals surface area contributed by atoms with Crippen LogP contribution in [0.3, 0.4) is 0 Å². The molecule has 0 radical (unpaired) electrons. The van der Waals surface area contributed by atoms with Gasteiger partial charge in [0.05, 0.1) is 6.61 Å². The van der Waals surface area contributed by atoms with Crippen LogP contribution in [0.2, 0.25) is 0 Å². The predicted molar refractivity (Wildman–Crippen MR) is 62.0 cm³/mol. The third-order valence-electron chi connectivity index (χ3n) is 2.88. The minimum absolute atomic E-state index is 0.266. The molecule has 0 aromatic heterocycles. The van der Waals surface area contributed by atoms with Crippen LogP contribution < -0.4 is 5.32 Å². The molecule has 5 unspecified atom stereocenters. The third-order valence-corrected chi connectivity index (χ3v) is 2.88. The highest BCUT2D eigenvalue weighted by molar-refractivity contribution is 5.73. The molecule has 1 rings (SSSR count). The van der Waals surface area contributed by atoms with Crippen molar-refractivity contribution in [1.82, 2.24) is 5.32 Å². The molecule has 1 aliphatic heterocycles. The highest BCUT2D eigenvalue weighted by Crippen LogP contribution is 2.24. The zero-order valence-corrected chi connectivity index (χ0v) is 11.1. The zero-order chi connectivity index (χ0) is 13.7. The fourth-order valence-corrected chi connectivity index (χ4v) is 2.10. The summed E-state index contributed by atoms with van der Waals surface area (Å²) >= 11 is 0. The first-order valence-electron chi connectivity index (χ1n) is 5.70. The smallest absolute Gasteiger partial charge is 0.217 e. The molecule has 7 heteroatoms. The van der Waals surface area contributed by atoms with Gasteiger partial charge in [0.15, 0.2) is 6.29 Å². The number of aliphatic hydroxyl groups is 1. The van der Waals surface area contributed by atoms with E-state index >= 15 is 0 Å². The fourth-order valence-electron chi connectivity index (χ4n) is 2.10. The SMILES string of the molecule is COCC1OC(OC)C(NC(C)=O)C(O)C1OC. The van der Waals surface area contributed by atoms with E-state index in [4.69, 9.17) is 18.9 Å². The van der Waals surface area contributed by atoms with E-state index in [-0.39, 0.29) is 12.5 Å². The first kappa shape index (κ1) is 15.3. The Morgan fingerprint density at radius 3 is 2.44 bits per heavy atom. The van der Waals surface area contributed by atoms with Crippen LogP contribution in [-0.2, 0) is 23.7 Å². The summed E-state index contributed by atoms with van der Waals surface area (Å²) in [5.41, 5.74) is 0. The van der Waals surface area contributed by atoms with Gasteiger partial charge in [-0.15, -0.1) is 0 Å². The molecule has 1 aliphatic rings. The minimum Gasteiger partial charge on any atom is -0.388 e. The fraction of sp³-hybridized carbons (Fsp3) is 0.909. The number of ether oxygens (including phenoxy) is 4. The van der Waals surface area contributed by atoms with Crippen LogP contribution in [0.5, 0.6) is 0 Å². The summed E-state index contributed by atoms with van der Waals surface area (Å²) in [4.78, 5) is 11.1. The van der Waals surface area contributed by atoms with E-state index in [1.165, 1.54) is 28.3 Å². The molecule has 0 saturated carbocycles. The Balaban J connectivity index is 2.83. The maximum Gasteiger partial charge on any atom is 0.217 e. The number of carbonyl (C=O) groups is 1. The van der Waals surface area contributed by atoms with Gasteiger partial charge in [0.2, 0.25) is 5.91 Å². The summed E-state index contributed by atoms with van der Waals surface area (Å²) in [6.45, 7) is 1.63. The zero-order valence-electron chi connectivity index (χ0n) is 11.1. The van der Waals surface area contributed by atoms with E-state index in [2.05, 4.69) is 5.32 Å². The van der Waals surface area contributed by atoms with Gasteiger partial charge in [-0.25, -0.2) is 0 Å². The second-order valence-electron chi connectivity index (χ2n) is 4.15. The lowest BCUT2D eigenvalue weighted by atomic mass is 9.96. The lowest BCUT2D eigenvalue weighted by Crippen LogP contribution is -2.64. The highest BCUT2D eigenvalue weighted by Gasteiger charge is 2.46. The quantitative estimate of drug-likeness (QED) is 0.654. The molecule has 18 heavy (non-hydrogen) atoms. The average Bonchev–Trinajstić information content (AvgIpc) is 2.32. The van der Waals surface area contributed by atoms with Gasteiger partial charge in [-0.1, -0.05) is 0 Å². The molecule has 1 heterocycles. The number of amides is 1. The second-order valence-corrected chi connectivity index (χ2v) is 4.15. The lowest BCUT2D eigenvalue weighted by Gasteiger charge is -2.43. The predicted octanol–water partition coefficient (Wildman–Crippen LogP) is -1.12. The number of aliphatic hydroxyl groups excluding tert-OH is 1. The van der Waals surface area contributed by atoms with Crippen molar-refractivity contribution in [1.29, 1.82) is 0 Å². The highest BCUT2D eigenvalue weighted by atomic mass is 16.7. The molecule has 7 nitrogen and oxygen atoms in total. The van der Waals surface area contributed by atoms with Crippen LogP contribution >= 0.6 is 0 Å². The van der Waals surface area contributed by atoms with E-state index in [0.717, 1.165) is 0 Å². The maximum atomic E-state index is 11.1. The van der Waals surface area contributed by atoms with Gasteiger partial charge < -0.3 is 29.4 Å². The normalized spacial score (nSPS) is 36.4. The van der Waals surface area contributed by atoms with Crippen molar-refractivity contribution in [2.75, 3.05) is 27.9 Å². The van der Waals surface area contributed by atoms with Gasteiger partial charge in [-0.05, 0) is 0 Å². The molecular formula is C11H21NO6.